The third-order valence-electron chi connectivity index (χ3n) is 4.57. The van der Waals surface area contributed by atoms with Crippen LogP contribution in [0.25, 0.3) is 0 Å². The van der Waals surface area contributed by atoms with E-state index in [-0.39, 0.29) is 17.7 Å². The van der Waals surface area contributed by atoms with Crippen LogP contribution in [0.3, 0.4) is 0 Å². The number of carbonyl (C=O) groups excluding carboxylic acids is 1. The molecule has 0 bridgehead atoms. The molecule has 3 aromatic rings. The van der Waals surface area contributed by atoms with Crippen molar-refractivity contribution in [1.82, 2.24) is 5.01 Å². The predicted molar refractivity (Wildman–Crippen MR) is 105 cm³/mol. The van der Waals surface area contributed by atoms with Crippen molar-refractivity contribution in [3.05, 3.63) is 82.0 Å². The first-order valence-corrected chi connectivity index (χ1v) is 9.42. The minimum absolute atomic E-state index is 0.165. The minimum Gasteiger partial charge on any atom is -0.508 e. The molecule has 0 unspecified atom stereocenters. The minimum atomic E-state index is -0.349. The van der Waals surface area contributed by atoms with E-state index in [0.717, 1.165) is 17.0 Å². The van der Waals surface area contributed by atoms with E-state index in [9.17, 15) is 9.90 Å². The smallest absolute Gasteiger partial charge is 0.284 e. The van der Waals surface area contributed by atoms with Crippen molar-refractivity contribution in [3.63, 3.8) is 0 Å². The van der Waals surface area contributed by atoms with Crippen LogP contribution in [0.4, 0.5) is 0 Å². The van der Waals surface area contributed by atoms with Gasteiger partial charge in [-0.15, -0.1) is 11.3 Å². The van der Waals surface area contributed by atoms with Crippen LogP contribution in [0.1, 0.15) is 33.3 Å². The lowest BCUT2D eigenvalue weighted by atomic mass is 9.97. The zero-order valence-corrected chi connectivity index (χ0v) is 15.5. The molecule has 0 saturated heterocycles. The Labute approximate surface area is 161 Å². The van der Waals surface area contributed by atoms with Crippen LogP contribution in [0.15, 0.2) is 71.1 Å². The predicted octanol–water partition coefficient (Wildman–Crippen LogP) is 4.45. The summed E-state index contributed by atoms with van der Waals surface area (Å²) in [6, 6.07) is 18.0. The summed E-state index contributed by atoms with van der Waals surface area (Å²) in [4.78, 5) is 13.6. The summed E-state index contributed by atoms with van der Waals surface area (Å²) in [5.41, 5.74) is 2.42. The number of hydrazone groups is 1. The molecule has 1 aromatic heterocycles. The number of thiophene rings is 1. The zero-order valence-electron chi connectivity index (χ0n) is 14.7. The van der Waals surface area contributed by atoms with Gasteiger partial charge in [0.2, 0.25) is 0 Å². The van der Waals surface area contributed by atoms with Gasteiger partial charge >= 0.3 is 0 Å². The van der Waals surface area contributed by atoms with Gasteiger partial charge in [0.1, 0.15) is 11.5 Å². The quantitative estimate of drug-likeness (QED) is 0.729. The van der Waals surface area contributed by atoms with E-state index < -0.39 is 0 Å². The molecule has 2 heterocycles. The molecule has 27 heavy (non-hydrogen) atoms. The van der Waals surface area contributed by atoms with Crippen LogP contribution in [0, 0.1) is 0 Å². The van der Waals surface area contributed by atoms with Crippen molar-refractivity contribution in [2.24, 2.45) is 5.10 Å². The van der Waals surface area contributed by atoms with E-state index >= 15 is 0 Å². The molecule has 136 valence electrons. The molecule has 6 heteroatoms. The van der Waals surface area contributed by atoms with Crippen LogP contribution < -0.4 is 4.74 Å². The number of nitrogens with zero attached hydrogens (tertiary/aromatic N) is 2. The molecule has 0 radical (unpaired) electrons. The third kappa shape index (κ3) is 3.31. The number of para-hydroxylation sites is 1. The van der Waals surface area contributed by atoms with Gasteiger partial charge in [-0.25, -0.2) is 5.01 Å². The van der Waals surface area contributed by atoms with Crippen molar-refractivity contribution in [2.75, 3.05) is 7.11 Å². The Morgan fingerprint density at radius 3 is 2.59 bits per heavy atom. The van der Waals surface area contributed by atoms with Gasteiger partial charge < -0.3 is 9.84 Å². The van der Waals surface area contributed by atoms with E-state index in [1.807, 2.05) is 47.8 Å². The second-order valence-corrected chi connectivity index (χ2v) is 7.13. The largest absolute Gasteiger partial charge is 0.508 e. The summed E-state index contributed by atoms with van der Waals surface area (Å²) in [6.45, 7) is 0. The van der Waals surface area contributed by atoms with E-state index in [1.54, 1.807) is 25.3 Å². The number of phenolic OH excluding ortho intramolecular Hbond substituents is 1. The summed E-state index contributed by atoms with van der Waals surface area (Å²) < 4.78 is 5.21. The molecule has 1 aliphatic heterocycles. The lowest BCUT2D eigenvalue weighted by molar-refractivity contribution is 0.0714. The number of methoxy groups -OCH3 is 1. The van der Waals surface area contributed by atoms with E-state index in [4.69, 9.17) is 4.74 Å². The second-order valence-electron chi connectivity index (χ2n) is 6.18. The van der Waals surface area contributed by atoms with Crippen molar-refractivity contribution in [1.29, 1.82) is 0 Å². The second kappa shape index (κ2) is 7.25. The lowest BCUT2D eigenvalue weighted by Crippen LogP contribution is -2.26. The Balaban J connectivity index is 1.73. The van der Waals surface area contributed by atoms with Crippen molar-refractivity contribution in [3.8, 4) is 11.5 Å². The molecule has 2 aromatic carbocycles. The van der Waals surface area contributed by atoms with Gasteiger partial charge in [-0.3, -0.25) is 4.79 Å². The Morgan fingerprint density at radius 1 is 1.15 bits per heavy atom. The summed E-state index contributed by atoms with van der Waals surface area (Å²) in [6.07, 6.45) is 0.529. The Hall–Kier alpha value is -3.12. The lowest BCUT2D eigenvalue weighted by Gasteiger charge is -2.22. The fourth-order valence-electron chi connectivity index (χ4n) is 3.18. The maximum atomic E-state index is 13.0. The fraction of sp³-hybridized carbons (Fsp3) is 0.143. The van der Waals surface area contributed by atoms with E-state index in [0.29, 0.717) is 16.9 Å². The van der Waals surface area contributed by atoms with Crippen molar-refractivity contribution < 1.29 is 14.6 Å². The standard InChI is InChI=1S/C21H18N2O3S/c1-26-15-10-8-14(9-11-15)17-13-18(16-5-2-3-6-19(16)24)23(22-17)21(25)20-7-4-12-27-20/h2-12,18,24H,13H2,1H3/t18-/m1/s1. The highest BCUT2D eigenvalue weighted by Crippen LogP contribution is 2.38. The van der Waals surface area contributed by atoms with Gasteiger partial charge in [-0.2, -0.15) is 5.10 Å². The molecule has 1 aliphatic rings. The number of aromatic hydroxyl groups is 1. The van der Waals surface area contributed by atoms with Crippen LogP contribution >= 0.6 is 11.3 Å². The number of ether oxygens (including phenoxy) is 1. The number of benzene rings is 2. The summed E-state index contributed by atoms with van der Waals surface area (Å²) in [5.74, 6) is 0.764. The Bertz CT molecular complexity index is 981. The normalized spacial score (nSPS) is 16.3. The van der Waals surface area contributed by atoms with Gasteiger partial charge in [0.15, 0.2) is 0 Å². The van der Waals surface area contributed by atoms with Crippen LogP contribution in [0.2, 0.25) is 0 Å². The number of phenols is 1. The molecule has 4 rings (SSSR count). The number of hydrogen-bond acceptors (Lipinski definition) is 5. The average Bonchev–Trinajstić information content (AvgIpc) is 3.38. The number of carbonyl (C=O) groups is 1. The first kappa shape index (κ1) is 17.3. The first-order chi connectivity index (χ1) is 13.2. The first-order valence-electron chi connectivity index (χ1n) is 8.54. The molecule has 0 saturated carbocycles. The molecule has 0 fully saturated rings. The highest BCUT2D eigenvalue weighted by atomic mass is 32.1. The number of hydrogen-bond donors (Lipinski definition) is 1. The molecule has 5 nitrogen and oxygen atoms in total. The molecule has 1 atom stereocenters. The Kier molecular flexibility index (Phi) is 4.64. The highest BCUT2D eigenvalue weighted by Gasteiger charge is 2.35. The molecule has 1 amide bonds. The molecule has 0 spiro atoms. The monoisotopic (exact) mass is 378 g/mol. The van der Waals surface area contributed by atoms with Gasteiger partial charge in [0.05, 0.1) is 23.7 Å². The van der Waals surface area contributed by atoms with Crippen LogP contribution in [-0.4, -0.2) is 28.8 Å². The van der Waals surface area contributed by atoms with Gasteiger partial charge in [-0.1, -0.05) is 24.3 Å². The van der Waals surface area contributed by atoms with Crippen LogP contribution in [-0.2, 0) is 0 Å². The number of rotatable bonds is 4. The van der Waals surface area contributed by atoms with E-state index in [2.05, 4.69) is 5.10 Å². The van der Waals surface area contributed by atoms with Crippen LogP contribution in [0.5, 0.6) is 11.5 Å². The summed E-state index contributed by atoms with van der Waals surface area (Å²) >= 11 is 1.38. The average molecular weight is 378 g/mol. The molecular formula is C21H18N2O3S. The van der Waals surface area contributed by atoms with Crippen molar-refractivity contribution >= 4 is 23.0 Å². The van der Waals surface area contributed by atoms with Gasteiger partial charge in [0, 0.05) is 12.0 Å². The topological polar surface area (TPSA) is 62.1 Å². The maximum absolute atomic E-state index is 13.0. The highest BCUT2D eigenvalue weighted by molar-refractivity contribution is 7.12. The summed E-state index contributed by atoms with van der Waals surface area (Å²) in [5, 5.41) is 18.3. The van der Waals surface area contributed by atoms with Gasteiger partial charge in [0.25, 0.3) is 5.91 Å². The Morgan fingerprint density at radius 2 is 1.93 bits per heavy atom. The molecule has 0 aliphatic carbocycles. The number of amides is 1. The SMILES string of the molecule is COc1ccc(C2=NN(C(=O)c3cccs3)[C@@H](c3ccccc3O)C2)cc1. The fourth-order valence-corrected chi connectivity index (χ4v) is 3.84. The van der Waals surface area contributed by atoms with Gasteiger partial charge in [-0.05, 0) is 47.3 Å². The summed E-state index contributed by atoms with van der Waals surface area (Å²) in [7, 11) is 1.62. The molecule has 1 N–H and O–H groups in total. The zero-order chi connectivity index (χ0) is 18.8. The molecular weight excluding hydrogens is 360 g/mol. The van der Waals surface area contributed by atoms with E-state index in [1.165, 1.54) is 16.3 Å². The maximum Gasteiger partial charge on any atom is 0.284 e. The third-order valence-corrected chi connectivity index (χ3v) is 5.43. The van der Waals surface area contributed by atoms with Crippen molar-refractivity contribution in [2.45, 2.75) is 12.5 Å².